The summed E-state index contributed by atoms with van der Waals surface area (Å²) in [5.74, 6) is -0.889. The van der Waals surface area contributed by atoms with Crippen LogP contribution in [-0.2, 0) is 28.6 Å². The predicted molar refractivity (Wildman–Crippen MR) is 284 cm³/mol. The normalized spacial score (nSPS) is 12.3. The fraction of sp³-hybridized carbons (Fsp3) is 0.817. The number of rotatable bonds is 52. The molecule has 0 saturated carbocycles. The molecule has 0 heterocycles. The number of hydrogen-bond acceptors (Lipinski definition) is 6. The maximum Gasteiger partial charge on any atom is 0.306 e. The summed E-state index contributed by atoms with van der Waals surface area (Å²) in [6.45, 7) is 6.61. The minimum absolute atomic E-state index is 0.0799. The Kier molecular flexibility index (Phi) is 52.8. The number of carbonyl (C=O) groups excluding carboxylic acids is 3. The van der Waals surface area contributed by atoms with Gasteiger partial charge in [0, 0.05) is 19.3 Å². The molecule has 0 aliphatic heterocycles. The van der Waals surface area contributed by atoms with Gasteiger partial charge in [-0.05, 0) is 103 Å². The third-order valence-corrected chi connectivity index (χ3v) is 12.5. The van der Waals surface area contributed by atoms with E-state index < -0.39 is 6.10 Å². The van der Waals surface area contributed by atoms with E-state index in [1.54, 1.807) is 0 Å². The quantitative estimate of drug-likeness (QED) is 0.0262. The van der Waals surface area contributed by atoms with Crippen LogP contribution in [0.15, 0.2) is 48.6 Å². The Labute approximate surface area is 409 Å². The molecule has 0 N–H and O–H groups in total. The minimum atomic E-state index is -0.781. The summed E-state index contributed by atoms with van der Waals surface area (Å²) < 4.78 is 16.9. The highest BCUT2D eigenvalue weighted by Gasteiger charge is 2.19. The van der Waals surface area contributed by atoms with Gasteiger partial charge in [0.15, 0.2) is 6.10 Å². The first-order valence-corrected chi connectivity index (χ1v) is 28.6. The van der Waals surface area contributed by atoms with Crippen LogP contribution in [0.4, 0.5) is 0 Å². The van der Waals surface area contributed by atoms with Crippen molar-refractivity contribution in [2.24, 2.45) is 0 Å². The molecule has 0 radical (unpaired) electrons. The lowest BCUT2D eigenvalue weighted by Crippen LogP contribution is -2.30. The summed E-state index contributed by atoms with van der Waals surface area (Å²) in [7, 11) is 0. The molecule has 0 aromatic rings. The molecule has 0 fully saturated rings. The zero-order valence-corrected chi connectivity index (χ0v) is 44.0. The first-order valence-electron chi connectivity index (χ1n) is 28.6. The van der Waals surface area contributed by atoms with Crippen LogP contribution in [0.25, 0.3) is 0 Å². The molecule has 0 spiro atoms. The molecule has 0 aliphatic rings. The third kappa shape index (κ3) is 52.3. The molecule has 0 aromatic heterocycles. The Balaban J connectivity index is 4.37. The van der Waals surface area contributed by atoms with Gasteiger partial charge in [-0.1, -0.05) is 223 Å². The van der Waals surface area contributed by atoms with Gasteiger partial charge in [0.2, 0.25) is 0 Å². The van der Waals surface area contributed by atoms with E-state index in [-0.39, 0.29) is 31.1 Å². The van der Waals surface area contributed by atoms with Crippen molar-refractivity contribution in [3.63, 3.8) is 0 Å². The summed E-state index contributed by atoms with van der Waals surface area (Å²) in [6.07, 6.45) is 66.6. The van der Waals surface area contributed by atoms with Crippen LogP contribution in [0.3, 0.4) is 0 Å². The van der Waals surface area contributed by atoms with Crippen LogP contribution in [0.5, 0.6) is 0 Å². The van der Waals surface area contributed by atoms with Gasteiger partial charge >= 0.3 is 17.9 Å². The molecule has 0 saturated heterocycles. The maximum absolute atomic E-state index is 12.8. The van der Waals surface area contributed by atoms with E-state index >= 15 is 0 Å². The summed E-state index contributed by atoms with van der Waals surface area (Å²) in [5.41, 5.74) is 0. The molecule has 0 aliphatic carbocycles. The Morgan fingerprint density at radius 2 is 0.545 bits per heavy atom. The van der Waals surface area contributed by atoms with Gasteiger partial charge in [-0.25, -0.2) is 0 Å². The van der Waals surface area contributed by atoms with Crippen molar-refractivity contribution in [1.29, 1.82) is 0 Å². The molecule has 0 amide bonds. The fourth-order valence-corrected chi connectivity index (χ4v) is 8.17. The largest absolute Gasteiger partial charge is 0.462 e. The highest BCUT2D eigenvalue weighted by atomic mass is 16.6. The molecule has 6 heteroatoms. The Morgan fingerprint density at radius 1 is 0.303 bits per heavy atom. The SMILES string of the molecule is CCCCC/C=C\C/C=C\CCCCCCCCCCCC(=O)OCC(COC(=O)CCCCCCC/C=C\CCCCCCC)OC(=O)CCCCCCC/C=C\CCCCCCCC. The van der Waals surface area contributed by atoms with Crippen LogP contribution in [0, 0.1) is 0 Å². The fourth-order valence-electron chi connectivity index (χ4n) is 8.17. The van der Waals surface area contributed by atoms with Crippen molar-refractivity contribution in [1.82, 2.24) is 0 Å². The predicted octanol–water partition coefficient (Wildman–Crippen LogP) is 19.0. The van der Waals surface area contributed by atoms with Crippen molar-refractivity contribution < 1.29 is 28.6 Å². The lowest BCUT2D eigenvalue weighted by molar-refractivity contribution is -0.167. The van der Waals surface area contributed by atoms with E-state index in [1.165, 1.54) is 173 Å². The number of hydrogen-bond donors (Lipinski definition) is 0. The number of esters is 3. The monoisotopic (exact) mass is 925 g/mol. The molecule has 1 unspecified atom stereocenters. The minimum Gasteiger partial charge on any atom is -0.462 e. The lowest BCUT2D eigenvalue weighted by atomic mass is 10.1. The average molecular weight is 926 g/mol. The molecule has 0 bridgehead atoms. The number of allylic oxidation sites excluding steroid dienone is 8. The molecule has 384 valence electrons. The van der Waals surface area contributed by atoms with Crippen molar-refractivity contribution in [2.75, 3.05) is 13.2 Å². The van der Waals surface area contributed by atoms with E-state index in [2.05, 4.69) is 69.4 Å². The smallest absolute Gasteiger partial charge is 0.306 e. The van der Waals surface area contributed by atoms with Crippen molar-refractivity contribution >= 4 is 17.9 Å². The second-order valence-corrected chi connectivity index (χ2v) is 19.2. The Bertz CT molecular complexity index is 1150. The number of carbonyl (C=O) groups is 3. The first-order chi connectivity index (χ1) is 32.5. The van der Waals surface area contributed by atoms with Crippen LogP contribution in [-0.4, -0.2) is 37.2 Å². The van der Waals surface area contributed by atoms with Crippen LogP contribution in [0.1, 0.15) is 297 Å². The molecular weight excluding hydrogens is 817 g/mol. The Morgan fingerprint density at radius 3 is 0.879 bits per heavy atom. The summed E-state index contributed by atoms with van der Waals surface area (Å²) in [6, 6.07) is 0. The highest BCUT2D eigenvalue weighted by Crippen LogP contribution is 2.15. The molecule has 0 aromatic carbocycles. The van der Waals surface area contributed by atoms with E-state index in [9.17, 15) is 14.4 Å². The summed E-state index contributed by atoms with van der Waals surface area (Å²) >= 11 is 0. The molecular formula is C60H108O6. The van der Waals surface area contributed by atoms with Gasteiger partial charge in [0.05, 0.1) is 0 Å². The van der Waals surface area contributed by atoms with Crippen LogP contribution >= 0.6 is 0 Å². The summed E-state index contributed by atoms with van der Waals surface area (Å²) in [5, 5.41) is 0. The molecule has 6 nitrogen and oxygen atoms in total. The topological polar surface area (TPSA) is 78.9 Å². The van der Waals surface area contributed by atoms with Crippen molar-refractivity contribution in [3.8, 4) is 0 Å². The summed E-state index contributed by atoms with van der Waals surface area (Å²) in [4.78, 5) is 38.1. The van der Waals surface area contributed by atoms with Gasteiger partial charge in [0.25, 0.3) is 0 Å². The first kappa shape index (κ1) is 63.4. The third-order valence-electron chi connectivity index (χ3n) is 12.5. The van der Waals surface area contributed by atoms with Gasteiger partial charge in [-0.15, -0.1) is 0 Å². The standard InChI is InChI=1S/C60H108O6/c1-4-7-10-13-16-19-22-25-28-29-30-31-33-35-38-41-44-47-50-53-59(62)65-56-57(55-64-58(61)52-49-46-43-40-37-34-27-24-21-18-15-12-9-6-3)66-60(63)54-51-48-45-42-39-36-32-26-23-20-17-14-11-8-5-2/h16,19,24-28,32,57H,4-15,17-18,20-23,29-31,33-56H2,1-3H3/b19-16-,27-24-,28-25-,32-26-. The zero-order valence-electron chi connectivity index (χ0n) is 44.0. The Hall–Kier alpha value is -2.63. The highest BCUT2D eigenvalue weighted by molar-refractivity contribution is 5.71. The second kappa shape index (κ2) is 55.0. The number of unbranched alkanes of at least 4 members (excludes halogenated alkanes) is 33. The van der Waals surface area contributed by atoms with E-state index in [4.69, 9.17) is 14.2 Å². The second-order valence-electron chi connectivity index (χ2n) is 19.2. The lowest BCUT2D eigenvalue weighted by Gasteiger charge is -2.18. The van der Waals surface area contributed by atoms with Crippen molar-refractivity contribution in [2.45, 2.75) is 303 Å². The average Bonchev–Trinajstić information content (AvgIpc) is 3.31. The molecule has 1 atom stereocenters. The van der Waals surface area contributed by atoms with E-state index in [0.717, 1.165) is 83.5 Å². The van der Waals surface area contributed by atoms with Gasteiger partial charge in [0.1, 0.15) is 13.2 Å². The van der Waals surface area contributed by atoms with Gasteiger partial charge < -0.3 is 14.2 Å². The van der Waals surface area contributed by atoms with E-state index in [1.807, 2.05) is 0 Å². The van der Waals surface area contributed by atoms with Crippen LogP contribution in [0.2, 0.25) is 0 Å². The van der Waals surface area contributed by atoms with Crippen LogP contribution < -0.4 is 0 Å². The van der Waals surface area contributed by atoms with Gasteiger partial charge in [-0.3, -0.25) is 14.4 Å². The van der Waals surface area contributed by atoms with Crippen molar-refractivity contribution in [3.05, 3.63) is 48.6 Å². The zero-order chi connectivity index (χ0) is 47.9. The molecule has 0 rings (SSSR count). The number of ether oxygens (including phenoxy) is 3. The van der Waals surface area contributed by atoms with Gasteiger partial charge in [-0.2, -0.15) is 0 Å². The molecule has 66 heavy (non-hydrogen) atoms. The maximum atomic E-state index is 12.8. The van der Waals surface area contributed by atoms with E-state index in [0.29, 0.717) is 19.3 Å².